The van der Waals surface area contributed by atoms with Gasteiger partial charge in [-0.3, -0.25) is 0 Å². The van der Waals surface area contributed by atoms with Crippen LogP contribution in [0.25, 0.3) is 0 Å². The van der Waals surface area contributed by atoms with Gasteiger partial charge in [0.1, 0.15) is 0 Å². The van der Waals surface area contributed by atoms with Crippen LogP contribution in [0.5, 0.6) is 0 Å². The number of rotatable bonds is 6. The molecule has 6 heteroatoms. The standard InChI is InChI=1S/C15H25N3O2S/c1-3-18-10-6-8-14(12-18)17-21(19,20)15-9-5-4-7-13(15)11-16-2/h4-5,7,9,14,16-17H,3,6,8,10-12H2,1-2H3. The van der Waals surface area contributed by atoms with Crippen LogP contribution >= 0.6 is 0 Å². The smallest absolute Gasteiger partial charge is 0.241 e. The number of benzene rings is 1. The first-order valence-corrected chi connectivity index (χ1v) is 9.02. The van der Waals surface area contributed by atoms with Crippen LogP contribution in [0.2, 0.25) is 0 Å². The summed E-state index contributed by atoms with van der Waals surface area (Å²) in [7, 11) is -1.64. The normalized spacial score (nSPS) is 20.6. The van der Waals surface area contributed by atoms with Gasteiger partial charge in [0.25, 0.3) is 0 Å². The van der Waals surface area contributed by atoms with Gasteiger partial charge in [-0.1, -0.05) is 25.1 Å². The fourth-order valence-electron chi connectivity index (χ4n) is 2.82. The molecule has 0 saturated carbocycles. The molecule has 5 nitrogen and oxygen atoms in total. The van der Waals surface area contributed by atoms with Crippen molar-refractivity contribution in [2.75, 3.05) is 26.7 Å². The fourth-order valence-corrected chi connectivity index (χ4v) is 4.33. The molecule has 1 unspecified atom stereocenters. The third-order valence-electron chi connectivity index (χ3n) is 3.90. The Hall–Kier alpha value is -0.950. The first-order valence-electron chi connectivity index (χ1n) is 7.54. The molecule has 1 aromatic carbocycles. The Labute approximate surface area is 127 Å². The van der Waals surface area contributed by atoms with Crippen molar-refractivity contribution in [1.82, 2.24) is 14.9 Å². The lowest BCUT2D eigenvalue weighted by Crippen LogP contribution is -2.47. The molecule has 1 heterocycles. The Morgan fingerprint density at radius 1 is 1.33 bits per heavy atom. The van der Waals surface area contributed by atoms with E-state index in [1.807, 2.05) is 19.2 Å². The number of likely N-dealkylation sites (N-methyl/N-ethyl adjacent to an activating group) is 1. The maximum atomic E-state index is 12.6. The lowest BCUT2D eigenvalue weighted by Gasteiger charge is -2.32. The monoisotopic (exact) mass is 311 g/mol. The molecule has 1 fully saturated rings. The number of likely N-dealkylation sites (tertiary alicyclic amines) is 1. The maximum absolute atomic E-state index is 12.6. The SMILES string of the molecule is CCN1CCCC(NS(=O)(=O)c2ccccc2CNC)C1. The van der Waals surface area contributed by atoms with Gasteiger partial charge < -0.3 is 10.2 Å². The molecule has 1 aromatic rings. The van der Waals surface area contributed by atoms with Gasteiger partial charge >= 0.3 is 0 Å². The zero-order chi connectivity index (χ0) is 15.3. The maximum Gasteiger partial charge on any atom is 0.241 e. The fraction of sp³-hybridized carbons (Fsp3) is 0.600. The van der Waals surface area contributed by atoms with Crippen LogP contribution in [0.3, 0.4) is 0 Å². The highest BCUT2D eigenvalue weighted by Gasteiger charge is 2.25. The molecular weight excluding hydrogens is 286 g/mol. The molecule has 2 rings (SSSR count). The van der Waals surface area contributed by atoms with Crippen LogP contribution in [-0.4, -0.2) is 46.0 Å². The zero-order valence-corrected chi connectivity index (χ0v) is 13.6. The molecule has 1 aliphatic rings. The number of nitrogens with one attached hydrogen (secondary N) is 2. The first-order chi connectivity index (χ1) is 10.1. The summed E-state index contributed by atoms with van der Waals surface area (Å²) >= 11 is 0. The molecule has 2 N–H and O–H groups in total. The van der Waals surface area contributed by atoms with Crippen molar-refractivity contribution < 1.29 is 8.42 Å². The Bertz CT molecular complexity index is 560. The van der Waals surface area contributed by atoms with E-state index in [-0.39, 0.29) is 6.04 Å². The second kappa shape index (κ2) is 7.35. The molecule has 21 heavy (non-hydrogen) atoms. The summed E-state index contributed by atoms with van der Waals surface area (Å²) in [6.07, 6.45) is 1.95. The van der Waals surface area contributed by atoms with Crippen LogP contribution in [0.4, 0.5) is 0 Å². The average Bonchev–Trinajstić information content (AvgIpc) is 2.48. The highest BCUT2D eigenvalue weighted by molar-refractivity contribution is 7.89. The third-order valence-corrected chi connectivity index (χ3v) is 5.52. The molecule has 118 valence electrons. The molecule has 0 bridgehead atoms. The molecule has 0 aliphatic carbocycles. The quantitative estimate of drug-likeness (QED) is 0.828. The van der Waals surface area contributed by atoms with Crippen molar-refractivity contribution in [3.05, 3.63) is 29.8 Å². The first kappa shape index (κ1) is 16.4. The largest absolute Gasteiger partial charge is 0.316 e. The predicted molar refractivity (Wildman–Crippen MR) is 84.7 cm³/mol. The molecule has 0 aromatic heterocycles. The van der Waals surface area contributed by atoms with Gasteiger partial charge in [0.15, 0.2) is 0 Å². The molecule has 1 aliphatic heterocycles. The average molecular weight is 311 g/mol. The van der Waals surface area contributed by atoms with Crippen LogP contribution < -0.4 is 10.0 Å². The lowest BCUT2D eigenvalue weighted by atomic mass is 10.1. The van der Waals surface area contributed by atoms with E-state index in [1.165, 1.54) is 0 Å². The van der Waals surface area contributed by atoms with Crippen LogP contribution in [0.1, 0.15) is 25.3 Å². The van der Waals surface area contributed by atoms with E-state index in [0.29, 0.717) is 11.4 Å². The summed E-state index contributed by atoms with van der Waals surface area (Å²) in [4.78, 5) is 2.67. The summed E-state index contributed by atoms with van der Waals surface area (Å²) in [5.74, 6) is 0. The van der Waals surface area contributed by atoms with E-state index in [2.05, 4.69) is 21.9 Å². The van der Waals surface area contributed by atoms with Crippen molar-refractivity contribution in [3.8, 4) is 0 Å². The molecule has 0 amide bonds. The van der Waals surface area contributed by atoms with Gasteiger partial charge in [-0.05, 0) is 44.6 Å². The summed E-state index contributed by atoms with van der Waals surface area (Å²) in [5, 5.41) is 3.02. The minimum absolute atomic E-state index is 0.00587. The van der Waals surface area contributed by atoms with Crippen LogP contribution in [0, 0.1) is 0 Å². The van der Waals surface area contributed by atoms with Crippen molar-refractivity contribution >= 4 is 10.0 Å². The van der Waals surface area contributed by atoms with Crippen molar-refractivity contribution in [1.29, 1.82) is 0 Å². The van der Waals surface area contributed by atoms with Crippen LogP contribution in [0.15, 0.2) is 29.2 Å². The van der Waals surface area contributed by atoms with Gasteiger partial charge in [-0.25, -0.2) is 13.1 Å². The van der Waals surface area contributed by atoms with E-state index in [4.69, 9.17) is 0 Å². The zero-order valence-electron chi connectivity index (χ0n) is 12.8. The number of hydrogen-bond acceptors (Lipinski definition) is 4. The number of piperidine rings is 1. The molecule has 0 radical (unpaired) electrons. The summed E-state index contributed by atoms with van der Waals surface area (Å²) in [6, 6.07) is 7.17. The van der Waals surface area contributed by atoms with E-state index < -0.39 is 10.0 Å². The minimum atomic E-state index is -3.46. The van der Waals surface area contributed by atoms with Crippen molar-refractivity contribution in [2.45, 2.75) is 37.2 Å². The van der Waals surface area contributed by atoms with Gasteiger partial charge in [0, 0.05) is 19.1 Å². The Morgan fingerprint density at radius 3 is 2.81 bits per heavy atom. The van der Waals surface area contributed by atoms with E-state index in [1.54, 1.807) is 12.1 Å². The van der Waals surface area contributed by atoms with E-state index in [9.17, 15) is 8.42 Å². The minimum Gasteiger partial charge on any atom is -0.316 e. The van der Waals surface area contributed by atoms with Crippen molar-refractivity contribution in [3.63, 3.8) is 0 Å². The predicted octanol–water partition coefficient (Wildman–Crippen LogP) is 1.17. The molecule has 1 saturated heterocycles. The summed E-state index contributed by atoms with van der Waals surface area (Å²) in [5.41, 5.74) is 0.802. The highest BCUT2D eigenvalue weighted by Crippen LogP contribution is 2.18. The van der Waals surface area contributed by atoms with Gasteiger partial charge in [0.05, 0.1) is 4.90 Å². The molecular formula is C15H25N3O2S. The second-order valence-corrected chi connectivity index (χ2v) is 7.17. The van der Waals surface area contributed by atoms with Gasteiger partial charge in [-0.15, -0.1) is 0 Å². The number of sulfonamides is 1. The molecule has 0 spiro atoms. The van der Waals surface area contributed by atoms with Gasteiger partial charge in [0.2, 0.25) is 10.0 Å². The Balaban J connectivity index is 2.15. The Kier molecular flexibility index (Phi) is 5.75. The topological polar surface area (TPSA) is 61.4 Å². The number of hydrogen-bond donors (Lipinski definition) is 2. The van der Waals surface area contributed by atoms with Gasteiger partial charge in [-0.2, -0.15) is 0 Å². The summed E-state index contributed by atoms with van der Waals surface area (Å²) in [6.45, 7) is 5.48. The second-order valence-electron chi connectivity index (χ2n) is 5.49. The highest BCUT2D eigenvalue weighted by atomic mass is 32.2. The van der Waals surface area contributed by atoms with Crippen LogP contribution in [-0.2, 0) is 16.6 Å². The molecule has 1 atom stereocenters. The lowest BCUT2D eigenvalue weighted by molar-refractivity contribution is 0.211. The third kappa shape index (κ3) is 4.26. The van der Waals surface area contributed by atoms with Crippen molar-refractivity contribution in [2.24, 2.45) is 0 Å². The van der Waals surface area contributed by atoms with E-state index >= 15 is 0 Å². The Morgan fingerprint density at radius 2 is 2.10 bits per heavy atom. The number of nitrogens with zero attached hydrogens (tertiary/aromatic N) is 1. The summed E-state index contributed by atoms with van der Waals surface area (Å²) < 4.78 is 28.1. The van der Waals surface area contributed by atoms with E-state index in [0.717, 1.165) is 38.0 Å².